The van der Waals surface area contributed by atoms with Gasteiger partial charge in [0.15, 0.2) is 0 Å². The number of carboxylic acids is 1. The van der Waals surface area contributed by atoms with Crippen LogP contribution >= 0.6 is 0 Å². The quantitative estimate of drug-likeness (QED) is 0.826. The molecular formula is C14H20O2. The second-order valence-corrected chi connectivity index (χ2v) is 5.13. The third kappa shape index (κ3) is 3.37. The summed E-state index contributed by atoms with van der Waals surface area (Å²) in [5.41, 5.74) is 0.434. The lowest BCUT2D eigenvalue weighted by molar-refractivity contribution is -0.148. The van der Waals surface area contributed by atoms with Gasteiger partial charge >= 0.3 is 5.97 Å². The summed E-state index contributed by atoms with van der Waals surface area (Å²) < 4.78 is 0. The van der Waals surface area contributed by atoms with E-state index in [9.17, 15) is 9.90 Å². The number of hydrogen-bond donors (Lipinski definition) is 1. The summed E-state index contributed by atoms with van der Waals surface area (Å²) in [6.45, 7) is 5.96. The van der Waals surface area contributed by atoms with Crippen LogP contribution in [0.1, 0.15) is 32.8 Å². The average Bonchev–Trinajstić information content (AvgIpc) is 2.17. The maximum atomic E-state index is 11.4. The molecule has 0 aliphatic heterocycles. The molecule has 0 saturated heterocycles. The van der Waals surface area contributed by atoms with Gasteiger partial charge in [-0.2, -0.15) is 0 Å². The molecule has 0 radical (unpaired) electrons. The van der Waals surface area contributed by atoms with Gasteiger partial charge < -0.3 is 5.11 Å². The minimum Gasteiger partial charge on any atom is -0.481 e. The lowest BCUT2D eigenvalue weighted by Crippen LogP contribution is -2.31. The Kier molecular flexibility index (Phi) is 4.11. The van der Waals surface area contributed by atoms with Crippen LogP contribution in [-0.2, 0) is 11.2 Å². The molecule has 0 saturated carbocycles. The van der Waals surface area contributed by atoms with Crippen LogP contribution in [0.15, 0.2) is 30.3 Å². The van der Waals surface area contributed by atoms with E-state index in [0.29, 0.717) is 18.8 Å². The molecule has 1 N–H and O–H groups in total. The summed E-state index contributed by atoms with van der Waals surface area (Å²) in [5, 5.41) is 9.34. The molecule has 0 bridgehead atoms. The van der Waals surface area contributed by atoms with Crippen LogP contribution in [0.3, 0.4) is 0 Å². The van der Waals surface area contributed by atoms with Crippen LogP contribution < -0.4 is 0 Å². The Hall–Kier alpha value is -1.31. The van der Waals surface area contributed by atoms with E-state index >= 15 is 0 Å². The van der Waals surface area contributed by atoms with Crippen molar-refractivity contribution >= 4 is 5.97 Å². The molecule has 16 heavy (non-hydrogen) atoms. The van der Waals surface area contributed by atoms with Crippen LogP contribution in [0.25, 0.3) is 0 Å². The smallest absolute Gasteiger partial charge is 0.309 e. The molecule has 1 aromatic rings. The molecule has 1 rings (SSSR count). The summed E-state index contributed by atoms with van der Waals surface area (Å²) in [7, 11) is 0. The molecule has 88 valence electrons. The molecule has 0 aromatic heterocycles. The maximum Gasteiger partial charge on any atom is 0.309 e. The number of hydrogen-bond acceptors (Lipinski definition) is 1. The van der Waals surface area contributed by atoms with Crippen molar-refractivity contribution in [2.45, 2.75) is 33.6 Å². The van der Waals surface area contributed by atoms with E-state index in [4.69, 9.17) is 0 Å². The lowest BCUT2D eigenvalue weighted by Gasteiger charge is -2.26. The standard InChI is InChI=1S/C14H20O2/c1-11(2)9-14(3,13(15)16)10-12-7-5-4-6-8-12/h4-8,11H,9-10H2,1-3H3,(H,15,16)/t14-/m1/s1. The van der Waals surface area contributed by atoms with Gasteiger partial charge in [0, 0.05) is 0 Å². The van der Waals surface area contributed by atoms with Gasteiger partial charge in [-0.05, 0) is 31.2 Å². The van der Waals surface area contributed by atoms with Crippen LogP contribution in [-0.4, -0.2) is 11.1 Å². The summed E-state index contributed by atoms with van der Waals surface area (Å²) in [4.78, 5) is 11.4. The average molecular weight is 220 g/mol. The van der Waals surface area contributed by atoms with Crippen LogP contribution in [0, 0.1) is 11.3 Å². The van der Waals surface area contributed by atoms with E-state index in [0.717, 1.165) is 5.56 Å². The van der Waals surface area contributed by atoms with Gasteiger partial charge in [0.2, 0.25) is 0 Å². The minimum absolute atomic E-state index is 0.393. The van der Waals surface area contributed by atoms with Crippen molar-refractivity contribution in [1.29, 1.82) is 0 Å². The van der Waals surface area contributed by atoms with E-state index in [1.54, 1.807) is 0 Å². The highest BCUT2D eigenvalue weighted by Gasteiger charge is 2.33. The van der Waals surface area contributed by atoms with Crippen molar-refractivity contribution in [3.8, 4) is 0 Å². The maximum absolute atomic E-state index is 11.4. The van der Waals surface area contributed by atoms with Crippen molar-refractivity contribution in [3.63, 3.8) is 0 Å². The van der Waals surface area contributed by atoms with Crippen LogP contribution in [0.5, 0.6) is 0 Å². The molecule has 1 aromatic carbocycles. The van der Waals surface area contributed by atoms with Crippen LogP contribution in [0.2, 0.25) is 0 Å². The van der Waals surface area contributed by atoms with Crippen molar-refractivity contribution < 1.29 is 9.90 Å². The summed E-state index contributed by atoms with van der Waals surface area (Å²) in [6.07, 6.45) is 1.30. The fourth-order valence-corrected chi connectivity index (χ4v) is 2.18. The van der Waals surface area contributed by atoms with Gasteiger partial charge in [0.25, 0.3) is 0 Å². The number of benzene rings is 1. The third-order valence-corrected chi connectivity index (χ3v) is 2.81. The van der Waals surface area contributed by atoms with Crippen molar-refractivity contribution in [2.24, 2.45) is 11.3 Å². The monoisotopic (exact) mass is 220 g/mol. The van der Waals surface area contributed by atoms with Crippen molar-refractivity contribution in [2.75, 3.05) is 0 Å². The largest absolute Gasteiger partial charge is 0.481 e. The zero-order chi connectivity index (χ0) is 12.2. The minimum atomic E-state index is -0.704. The number of carbonyl (C=O) groups is 1. The predicted molar refractivity (Wildman–Crippen MR) is 65.3 cm³/mol. The highest BCUT2D eigenvalue weighted by Crippen LogP contribution is 2.30. The molecule has 0 aliphatic carbocycles. The lowest BCUT2D eigenvalue weighted by atomic mass is 9.77. The molecule has 0 unspecified atom stereocenters. The highest BCUT2D eigenvalue weighted by atomic mass is 16.4. The number of rotatable bonds is 5. The van der Waals surface area contributed by atoms with Crippen molar-refractivity contribution in [1.82, 2.24) is 0 Å². The van der Waals surface area contributed by atoms with Gasteiger partial charge in [-0.3, -0.25) is 4.79 Å². The zero-order valence-corrected chi connectivity index (χ0v) is 10.2. The van der Waals surface area contributed by atoms with E-state index in [1.165, 1.54) is 0 Å². The molecule has 0 amide bonds. The van der Waals surface area contributed by atoms with Crippen LogP contribution in [0.4, 0.5) is 0 Å². The van der Waals surface area contributed by atoms with E-state index in [1.807, 2.05) is 37.3 Å². The first-order valence-corrected chi connectivity index (χ1v) is 5.71. The molecule has 0 spiro atoms. The Labute approximate surface area is 97.3 Å². The SMILES string of the molecule is CC(C)C[C@](C)(Cc1ccccc1)C(=O)O. The third-order valence-electron chi connectivity index (χ3n) is 2.81. The Morgan fingerprint density at radius 1 is 1.31 bits per heavy atom. The molecule has 0 heterocycles. The predicted octanol–water partition coefficient (Wildman–Crippen LogP) is 3.37. The van der Waals surface area contributed by atoms with Gasteiger partial charge in [-0.15, -0.1) is 0 Å². The summed E-state index contributed by atoms with van der Waals surface area (Å²) in [6, 6.07) is 9.83. The van der Waals surface area contributed by atoms with Gasteiger partial charge in [0.1, 0.15) is 0 Å². The first-order chi connectivity index (χ1) is 7.44. The van der Waals surface area contributed by atoms with E-state index in [2.05, 4.69) is 13.8 Å². The first-order valence-electron chi connectivity index (χ1n) is 5.71. The second kappa shape index (κ2) is 5.15. The highest BCUT2D eigenvalue weighted by molar-refractivity contribution is 5.74. The molecule has 1 atom stereocenters. The number of aliphatic carboxylic acids is 1. The Morgan fingerprint density at radius 3 is 2.31 bits per heavy atom. The number of carboxylic acid groups (broad SMARTS) is 1. The molecule has 0 aliphatic rings. The Morgan fingerprint density at radius 2 is 1.88 bits per heavy atom. The van der Waals surface area contributed by atoms with E-state index in [-0.39, 0.29) is 0 Å². The Bertz CT molecular complexity index is 343. The first kappa shape index (κ1) is 12.8. The fourth-order valence-electron chi connectivity index (χ4n) is 2.18. The molecular weight excluding hydrogens is 200 g/mol. The van der Waals surface area contributed by atoms with Gasteiger partial charge in [-0.1, -0.05) is 44.2 Å². The van der Waals surface area contributed by atoms with E-state index < -0.39 is 11.4 Å². The molecule has 2 nitrogen and oxygen atoms in total. The fraction of sp³-hybridized carbons (Fsp3) is 0.500. The normalized spacial score (nSPS) is 14.8. The van der Waals surface area contributed by atoms with Gasteiger partial charge in [0.05, 0.1) is 5.41 Å². The summed E-state index contributed by atoms with van der Waals surface area (Å²) >= 11 is 0. The molecule has 2 heteroatoms. The topological polar surface area (TPSA) is 37.3 Å². The summed E-state index contributed by atoms with van der Waals surface area (Å²) in [5.74, 6) is -0.310. The second-order valence-electron chi connectivity index (χ2n) is 5.13. The Balaban J connectivity index is 2.83. The molecule has 0 fully saturated rings. The van der Waals surface area contributed by atoms with Crippen molar-refractivity contribution in [3.05, 3.63) is 35.9 Å². The van der Waals surface area contributed by atoms with Gasteiger partial charge in [-0.25, -0.2) is 0 Å². The zero-order valence-electron chi connectivity index (χ0n) is 10.2.